The van der Waals surface area contributed by atoms with E-state index in [0.29, 0.717) is 22.2 Å². The zero-order valence-corrected chi connectivity index (χ0v) is 17.1. The zero-order chi connectivity index (χ0) is 20.0. The molecular weight excluding hydrogens is 413 g/mol. The molecule has 1 unspecified atom stereocenters. The average Bonchev–Trinajstić information content (AvgIpc) is 2.58. The summed E-state index contributed by atoms with van der Waals surface area (Å²) in [7, 11) is -3.10. The molecule has 146 valence electrons. The molecule has 1 atom stereocenters. The van der Waals surface area contributed by atoms with Crippen LogP contribution >= 0.6 is 23.2 Å². The highest BCUT2D eigenvalue weighted by atomic mass is 35.5. The molecule has 2 aromatic carbocycles. The number of nitrogens with one attached hydrogen (secondary N) is 1. The van der Waals surface area contributed by atoms with Crippen molar-refractivity contribution >= 4 is 44.6 Å². The fourth-order valence-corrected chi connectivity index (χ4v) is 2.76. The van der Waals surface area contributed by atoms with E-state index in [1.807, 2.05) is 0 Å². The molecule has 0 spiro atoms. The molecule has 1 N–H and O–H groups in total. The Bertz CT molecular complexity index is 918. The van der Waals surface area contributed by atoms with Crippen molar-refractivity contribution in [3.63, 3.8) is 0 Å². The number of sulfone groups is 1. The first-order valence-electron chi connectivity index (χ1n) is 7.98. The van der Waals surface area contributed by atoms with Crippen LogP contribution in [0.3, 0.4) is 0 Å². The minimum atomic E-state index is -3.10. The van der Waals surface area contributed by atoms with Crippen LogP contribution in [0.2, 0.25) is 10.0 Å². The predicted molar refractivity (Wildman–Crippen MR) is 107 cm³/mol. The number of benzene rings is 2. The normalized spacial score (nSPS) is 12.3. The first-order chi connectivity index (χ1) is 12.7. The summed E-state index contributed by atoms with van der Waals surface area (Å²) in [5.74, 6) is 0.279. The van der Waals surface area contributed by atoms with E-state index in [9.17, 15) is 13.2 Å². The average molecular weight is 432 g/mol. The third-order valence-corrected chi connectivity index (χ3v) is 5.12. The van der Waals surface area contributed by atoms with Gasteiger partial charge in [-0.05, 0) is 31.2 Å². The van der Waals surface area contributed by atoms with Gasteiger partial charge in [-0.2, -0.15) is 0 Å². The fraction of sp³-hybridized carbons (Fsp3) is 0.278. The lowest BCUT2D eigenvalue weighted by molar-refractivity contribution is -0.122. The Kier molecular flexibility index (Phi) is 7.35. The van der Waals surface area contributed by atoms with Crippen LogP contribution in [0.1, 0.15) is 6.92 Å². The molecule has 0 bridgehead atoms. The molecule has 0 aliphatic heterocycles. The van der Waals surface area contributed by atoms with Gasteiger partial charge in [-0.3, -0.25) is 4.79 Å². The van der Waals surface area contributed by atoms with Crippen molar-refractivity contribution in [2.24, 2.45) is 0 Å². The standard InChI is InChI=1S/C18H19Cl2NO5S/c1-12(26-16-8-4-7-15(19)17(16)20)18(22)21-13-5-3-6-14(11-13)25-9-10-27(2,23)24/h3-8,11-12H,9-10H2,1-2H3,(H,21,22). The molecule has 9 heteroatoms. The van der Waals surface area contributed by atoms with Gasteiger partial charge in [-0.25, -0.2) is 8.42 Å². The molecule has 2 aromatic rings. The van der Waals surface area contributed by atoms with Crippen molar-refractivity contribution in [2.75, 3.05) is 23.9 Å². The summed E-state index contributed by atoms with van der Waals surface area (Å²) in [5.41, 5.74) is 0.490. The third-order valence-electron chi connectivity index (χ3n) is 3.41. The number of halogens is 2. The van der Waals surface area contributed by atoms with Crippen molar-refractivity contribution in [3.8, 4) is 11.5 Å². The SMILES string of the molecule is CC(Oc1cccc(Cl)c1Cl)C(=O)Nc1cccc(OCCS(C)(=O)=O)c1. The highest BCUT2D eigenvalue weighted by Gasteiger charge is 2.17. The Morgan fingerprint density at radius 3 is 2.59 bits per heavy atom. The Labute approximate surface area is 168 Å². The molecule has 0 saturated heterocycles. The quantitative estimate of drug-likeness (QED) is 0.686. The first kappa shape index (κ1) is 21.3. The lowest BCUT2D eigenvalue weighted by Gasteiger charge is -2.16. The number of carbonyl (C=O) groups excluding carboxylic acids is 1. The second kappa shape index (κ2) is 9.30. The highest BCUT2D eigenvalue weighted by Crippen LogP contribution is 2.32. The third kappa shape index (κ3) is 6.93. The van der Waals surface area contributed by atoms with Crippen molar-refractivity contribution in [1.82, 2.24) is 0 Å². The highest BCUT2D eigenvalue weighted by molar-refractivity contribution is 7.90. The lowest BCUT2D eigenvalue weighted by Crippen LogP contribution is -2.30. The summed E-state index contributed by atoms with van der Waals surface area (Å²) in [4.78, 5) is 12.3. The fourth-order valence-electron chi connectivity index (χ4n) is 2.04. The molecule has 6 nitrogen and oxygen atoms in total. The Hall–Kier alpha value is -1.96. The van der Waals surface area contributed by atoms with Gasteiger partial charge in [0, 0.05) is 18.0 Å². The maximum absolute atomic E-state index is 12.3. The molecular formula is C18H19Cl2NO5S. The van der Waals surface area contributed by atoms with E-state index < -0.39 is 15.9 Å². The van der Waals surface area contributed by atoms with Gasteiger partial charge in [0.25, 0.3) is 5.91 Å². The predicted octanol–water partition coefficient (Wildman–Crippen LogP) is 3.82. The summed E-state index contributed by atoms with van der Waals surface area (Å²) in [6.45, 7) is 1.61. The van der Waals surface area contributed by atoms with Crippen LogP contribution < -0.4 is 14.8 Å². The first-order valence-corrected chi connectivity index (χ1v) is 10.8. The van der Waals surface area contributed by atoms with Gasteiger partial charge in [-0.1, -0.05) is 35.3 Å². The Balaban J connectivity index is 1.96. The van der Waals surface area contributed by atoms with Crippen molar-refractivity contribution in [3.05, 3.63) is 52.5 Å². The van der Waals surface area contributed by atoms with Crippen molar-refractivity contribution in [1.29, 1.82) is 0 Å². The van der Waals surface area contributed by atoms with Crippen molar-refractivity contribution < 1.29 is 22.7 Å². The number of carbonyl (C=O) groups is 1. The second-order valence-electron chi connectivity index (χ2n) is 5.81. The van der Waals surface area contributed by atoms with Crippen molar-refractivity contribution in [2.45, 2.75) is 13.0 Å². The number of hydrogen-bond acceptors (Lipinski definition) is 5. The number of anilines is 1. The van der Waals surface area contributed by atoms with Crippen LogP contribution in [0.25, 0.3) is 0 Å². The minimum absolute atomic E-state index is 0.0308. The van der Waals surface area contributed by atoms with E-state index in [1.165, 1.54) is 0 Å². The number of hydrogen-bond donors (Lipinski definition) is 1. The van der Waals surface area contributed by atoms with Gasteiger partial charge < -0.3 is 14.8 Å². The van der Waals surface area contributed by atoms with Crippen LogP contribution in [0.4, 0.5) is 5.69 Å². The number of amides is 1. The van der Waals surface area contributed by atoms with Gasteiger partial charge in [0.15, 0.2) is 15.9 Å². The Morgan fingerprint density at radius 2 is 1.89 bits per heavy atom. The van der Waals surface area contributed by atoms with Gasteiger partial charge in [0.05, 0.1) is 10.8 Å². The van der Waals surface area contributed by atoms with Gasteiger partial charge in [0.2, 0.25) is 0 Å². The van der Waals surface area contributed by atoms with Gasteiger partial charge in [0.1, 0.15) is 23.1 Å². The summed E-state index contributed by atoms with van der Waals surface area (Å²) in [5, 5.41) is 3.28. The van der Waals surface area contributed by atoms with E-state index in [1.54, 1.807) is 49.4 Å². The molecule has 0 saturated carbocycles. The van der Waals surface area contributed by atoms with E-state index in [0.717, 1.165) is 6.26 Å². The van der Waals surface area contributed by atoms with Crippen LogP contribution in [0.5, 0.6) is 11.5 Å². The summed E-state index contributed by atoms with van der Waals surface area (Å²) in [6, 6.07) is 11.5. The molecule has 2 rings (SSSR count). The van der Waals surface area contributed by atoms with E-state index in [2.05, 4.69) is 5.32 Å². The minimum Gasteiger partial charge on any atom is -0.492 e. The lowest BCUT2D eigenvalue weighted by atomic mass is 10.2. The molecule has 0 aliphatic rings. The molecule has 0 radical (unpaired) electrons. The smallest absolute Gasteiger partial charge is 0.265 e. The number of ether oxygens (including phenoxy) is 2. The van der Waals surface area contributed by atoms with Crippen LogP contribution in [0.15, 0.2) is 42.5 Å². The number of rotatable bonds is 8. The zero-order valence-electron chi connectivity index (χ0n) is 14.7. The summed E-state index contributed by atoms with van der Waals surface area (Å²) in [6.07, 6.45) is 0.316. The molecule has 0 aromatic heterocycles. The van der Waals surface area contributed by atoms with Gasteiger partial charge in [-0.15, -0.1) is 0 Å². The van der Waals surface area contributed by atoms with E-state index in [4.69, 9.17) is 32.7 Å². The topological polar surface area (TPSA) is 81.7 Å². The maximum Gasteiger partial charge on any atom is 0.265 e. The molecule has 27 heavy (non-hydrogen) atoms. The van der Waals surface area contributed by atoms with E-state index >= 15 is 0 Å². The maximum atomic E-state index is 12.3. The Morgan fingerprint density at radius 1 is 1.19 bits per heavy atom. The van der Waals surface area contributed by atoms with Crippen LogP contribution in [-0.2, 0) is 14.6 Å². The van der Waals surface area contributed by atoms with Crippen LogP contribution in [-0.4, -0.2) is 39.0 Å². The monoisotopic (exact) mass is 431 g/mol. The summed E-state index contributed by atoms with van der Waals surface area (Å²) < 4.78 is 33.2. The largest absolute Gasteiger partial charge is 0.492 e. The van der Waals surface area contributed by atoms with E-state index in [-0.39, 0.29) is 23.3 Å². The van der Waals surface area contributed by atoms with Crippen LogP contribution in [0, 0.1) is 0 Å². The molecule has 0 heterocycles. The molecule has 0 aliphatic carbocycles. The molecule has 0 fully saturated rings. The summed E-state index contributed by atoms with van der Waals surface area (Å²) >= 11 is 12.0. The second-order valence-corrected chi connectivity index (χ2v) is 8.85. The van der Waals surface area contributed by atoms with Gasteiger partial charge >= 0.3 is 0 Å². The molecule has 1 amide bonds.